The molecule has 0 spiro atoms. The fraction of sp³-hybridized carbons (Fsp3) is 0.182. The second-order valence-electron chi connectivity index (χ2n) is 2.86. The summed E-state index contributed by atoms with van der Waals surface area (Å²) < 4.78 is 0. The van der Waals surface area contributed by atoms with E-state index in [1.165, 1.54) is 0 Å². The van der Waals surface area contributed by atoms with E-state index in [0.717, 1.165) is 5.56 Å². The predicted octanol–water partition coefficient (Wildman–Crippen LogP) is 2.91. The van der Waals surface area contributed by atoms with Crippen molar-refractivity contribution in [2.45, 2.75) is 12.8 Å². The zero-order valence-electron chi connectivity index (χ0n) is 7.61. The zero-order valence-corrected chi connectivity index (χ0v) is 8.37. The summed E-state index contributed by atoms with van der Waals surface area (Å²) in [6, 6.07) is 7.52. The van der Waals surface area contributed by atoms with Crippen LogP contribution < -0.4 is 0 Å². The van der Waals surface area contributed by atoms with E-state index in [4.69, 9.17) is 16.7 Å². The van der Waals surface area contributed by atoms with Crippen LogP contribution in [0, 0.1) is 0 Å². The van der Waals surface area contributed by atoms with Gasteiger partial charge in [-0.15, -0.1) is 0 Å². The molecule has 1 rings (SSSR count). The Bertz CT molecular complexity index is 345. The summed E-state index contributed by atoms with van der Waals surface area (Å²) in [6.45, 7) is 0. The van der Waals surface area contributed by atoms with Gasteiger partial charge in [0.05, 0.1) is 6.42 Å². The summed E-state index contributed by atoms with van der Waals surface area (Å²) in [7, 11) is 0. The molecule has 1 N–H and O–H groups in total. The summed E-state index contributed by atoms with van der Waals surface area (Å²) >= 11 is 5.92. The van der Waals surface area contributed by atoms with E-state index in [2.05, 4.69) is 0 Å². The van der Waals surface area contributed by atoms with Gasteiger partial charge in [0.25, 0.3) is 0 Å². The second-order valence-corrected chi connectivity index (χ2v) is 3.27. The number of benzene rings is 1. The molecule has 0 fully saturated rings. The molecule has 0 atom stereocenters. The van der Waals surface area contributed by atoms with Crippen LogP contribution in [0.4, 0.5) is 0 Å². The second kappa shape index (κ2) is 5.45. The molecular weight excluding hydrogens is 200 g/mol. The van der Waals surface area contributed by atoms with Gasteiger partial charge in [-0.3, -0.25) is 4.79 Å². The van der Waals surface area contributed by atoms with Gasteiger partial charge in [-0.05, 0) is 18.1 Å². The molecule has 0 heterocycles. The molecule has 1 aromatic carbocycles. The number of halogens is 1. The first-order valence-electron chi connectivity index (χ1n) is 4.30. The van der Waals surface area contributed by atoms with Crippen molar-refractivity contribution in [2.24, 2.45) is 0 Å². The predicted molar refractivity (Wildman–Crippen MR) is 56.5 cm³/mol. The molecule has 0 saturated heterocycles. The summed E-state index contributed by atoms with van der Waals surface area (Å²) in [5.74, 6) is -0.819. The van der Waals surface area contributed by atoms with Gasteiger partial charge in [0.1, 0.15) is 0 Å². The fourth-order valence-corrected chi connectivity index (χ4v) is 1.27. The molecule has 0 aliphatic rings. The Labute approximate surface area is 87.8 Å². The molecule has 0 aliphatic carbocycles. The van der Waals surface area contributed by atoms with Crippen molar-refractivity contribution in [3.8, 4) is 0 Å². The number of rotatable bonds is 4. The van der Waals surface area contributed by atoms with Crippen LogP contribution in [0.3, 0.4) is 0 Å². The van der Waals surface area contributed by atoms with Crippen molar-refractivity contribution >= 4 is 17.6 Å². The highest BCUT2D eigenvalue weighted by atomic mass is 35.5. The van der Waals surface area contributed by atoms with Crippen LogP contribution in [0.25, 0.3) is 0 Å². The van der Waals surface area contributed by atoms with E-state index >= 15 is 0 Å². The van der Waals surface area contributed by atoms with Crippen LogP contribution in [0.5, 0.6) is 0 Å². The van der Waals surface area contributed by atoms with Gasteiger partial charge in [0.2, 0.25) is 0 Å². The Kier molecular flexibility index (Phi) is 4.20. The normalized spacial score (nSPS) is 10.6. The maximum absolute atomic E-state index is 10.2. The van der Waals surface area contributed by atoms with E-state index < -0.39 is 5.97 Å². The van der Waals surface area contributed by atoms with Gasteiger partial charge in [-0.1, -0.05) is 42.0 Å². The van der Waals surface area contributed by atoms with E-state index in [-0.39, 0.29) is 6.42 Å². The van der Waals surface area contributed by atoms with Gasteiger partial charge in [-0.2, -0.15) is 0 Å². The van der Waals surface area contributed by atoms with Gasteiger partial charge in [0, 0.05) is 5.02 Å². The van der Waals surface area contributed by atoms with Crippen LogP contribution in [0.2, 0.25) is 5.02 Å². The highest BCUT2D eigenvalue weighted by molar-refractivity contribution is 6.31. The Balaban J connectivity index is 2.49. The van der Waals surface area contributed by atoms with Crippen molar-refractivity contribution in [3.05, 3.63) is 47.0 Å². The molecule has 0 bridgehead atoms. The minimum Gasteiger partial charge on any atom is -0.481 e. The van der Waals surface area contributed by atoms with E-state index in [0.29, 0.717) is 11.4 Å². The molecule has 14 heavy (non-hydrogen) atoms. The third-order valence-corrected chi connectivity index (χ3v) is 2.12. The monoisotopic (exact) mass is 210 g/mol. The highest BCUT2D eigenvalue weighted by Gasteiger charge is 1.95. The first kappa shape index (κ1) is 10.8. The SMILES string of the molecule is O=C(O)C/C=C\Cc1ccccc1Cl. The van der Waals surface area contributed by atoms with Crippen molar-refractivity contribution in [2.75, 3.05) is 0 Å². The molecule has 0 aromatic heterocycles. The van der Waals surface area contributed by atoms with Gasteiger partial charge >= 0.3 is 5.97 Å². The van der Waals surface area contributed by atoms with E-state index in [1.807, 2.05) is 30.3 Å². The van der Waals surface area contributed by atoms with Crippen molar-refractivity contribution in [1.82, 2.24) is 0 Å². The van der Waals surface area contributed by atoms with Gasteiger partial charge < -0.3 is 5.11 Å². The number of carboxylic acids is 1. The Morgan fingerprint density at radius 3 is 2.71 bits per heavy atom. The third-order valence-electron chi connectivity index (χ3n) is 1.75. The Morgan fingerprint density at radius 1 is 1.36 bits per heavy atom. The average molecular weight is 211 g/mol. The Morgan fingerprint density at radius 2 is 2.07 bits per heavy atom. The largest absolute Gasteiger partial charge is 0.481 e. The number of hydrogen-bond donors (Lipinski definition) is 1. The highest BCUT2D eigenvalue weighted by Crippen LogP contribution is 2.15. The smallest absolute Gasteiger partial charge is 0.307 e. The molecule has 0 radical (unpaired) electrons. The number of carbonyl (C=O) groups is 1. The fourth-order valence-electron chi connectivity index (χ4n) is 1.06. The van der Waals surface area contributed by atoms with Gasteiger partial charge in [-0.25, -0.2) is 0 Å². The lowest BCUT2D eigenvalue weighted by Gasteiger charge is -1.98. The van der Waals surface area contributed by atoms with E-state index in [1.54, 1.807) is 6.08 Å². The maximum atomic E-state index is 10.2. The quantitative estimate of drug-likeness (QED) is 0.776. The van der Waals surface area contributed by atoms with Crippen LogP contribution in [-0.4, -0.2) is 11.1 Å². The summed E-state index contributed by atoms with van der Waals surface area (Å²) in [4.78, 5) is 10.2. The molecule has 3 heteroatoms. The summed E-state index contributed by atoms with van der Waals surface area (Å²) in [6.07, 6.45) is 4.18. The number of aliphatic carboxylic acids is 1. The van der Waals surface area contributed by atoms with Crippen LogP contribution in [0.15, 0.2) is 36.4 Å². The maximum Gasteiger partial charge on any atom is 0.307 e. The lowest BCUT2D eigenvalue weighted by molar-refractivity contribution is -0.136. The standard InChI is InChI=1S/C11H11ClO2/c12-10-7-3-1-5-9(10)6-2-4-8-11(13)14/h1-5,7H,6,8H2,(H,13,14)/b4-2-. The molecule has 1 aromatic rings. The molecule has 74 valence electrons. The first-order chi connectivity index (χ1) is 6.70. The molecular formula is C11H11ClO2. The minimum atomic E-state index is -0.819. The van der Waals surface area contributed by atoms with E-state index in [9.17, 15) is 4.79 Å². The van der Waals surface area contributed by atoms with Crippen molar-refractivity contribution in [1.29, 1.82) is 0 Å². The average Bonchev–Trinajstić information content (AvgIpc) is 2.15. The first-order valence-corrected chi connectivity index (χ1v) is 4.68. The zero-order chi connectivity index (χ0) is 10.4. The third kappa shape index (κ3) is 3.62. The summed E-state index contributed by atoms with van der Waals surface area (Å²) in [5.41, 5.74) is 1.01. The van der Waals surface area contributed by atoms with Crippen molar-refractivity contribution < 1.29 is 9.90 Å². The van der Waals surface area contributed by atoms with Gasteiger partial charge in [0.15, 0.2) is 0 Å². The lowest BCUT2D eigenvalue weighted by Crippen LogP contribution is -1.90. The van der Waals surface area contributed by atoms with Crippen molar-refractivity contribution in [3.63, 3.8) is 0 Å². The number of hydrogen-bond acceptors (Lipinski definition) is 1. The number of carboxylic acid groups (broad SMARTS) is 1. The topological polar surface area (TPSA) is 37.3 Å². The lowest BCUT2D eigenvalue weighted by atomic mass is 10.1. The molecule has 0 saturated carbocycles. The minimum absolute atomic E-state index is 0.0600. The molecule has 0 aliphatic heterocycles. The van der Waals surface area contributed by atoms with Crippen LogP contribution in [0.1, 0.15) is 12.0 Å². The van der Waals surface area contributed by atoms with Crippen LogP contribution in [-0.2, 0) is 11.2 Å². The van der Waals surface area contributed by atoms with Crippen LogP contribution >= 0.6 is 11.6 Å². The summed E-state index contributed by atoms with van der Waals surface area (Å²) in [5, 5.41) is 9.10. The molecule has 0 unspecified atom stereocenters. The molecule has 2 nitrogen and oxygen atoms in total. The Hall–Kier alpha value is -1.28. The molecule has 0 amide bonds. The number of allylic oxidation sites excluding steroid dienone is 1.